The number of anilines is 1. The monoisotopic (exact) mass is 479 g/mol. The molecule has 3 aromatic heterocycles. The van der Waals surface area contributed by atoms with E-state index >= 15 is 4.39 Å². The molecule has 0 bridgehead atoms. The standard InChI is InChI=1S/C20H17F4N7O3/c21-19(10-34-15-2-1-11(6-26-15)20(22,23)24)8-30(9-19)14-5-13(29-31-4-3-25-16(14)31)12-7-27-18(33)28-17(12)32/h1-7,18,27,33H,8-10H2,(H,28,32). The van der Waals surface area contributed by atoms with Gasteiger partial charge in [-0.15, -0.1) is 0 Å². The second-order valence-electron chi connectivity index (χ2n) is 7.89. The molecule has 0 aliphatic carbocycles. The van der Waals surface area contributed by atoms with Gasteiger partial charge >= 0.3 is 6.18 Å². The highest BCUT2D eigenvalue weighted by molar-refractivity contribution is 6.19. The number of halogens is 4. The molecule has 5 heterocycles. The zero-order valence-electron chi connectivity index (χ0n) is 17.3. The maximum Gasteiger partial charge on any atom is 0.417 e. The summed E-state index contributed by atoms with van der Waals surface area (Å²) in [5.74, 6) is -0.652. The van der Waals surface area contributed by atoms with Crippen molar-refractivity contribution in [1.82, 2.24) is 30.2 Å². The number of nitrogens with one attached hydrogen (secondary N) is 2. The third kappa shape index (κ3) is 4.07. The summed E-state index contributed by atoms with van der Waals surface area (Å²) in [6.45, 7) is -0.566. The first kappa shape index (κ1) is 21.9. The number of aliphatic hydroxyl groups excluding tert-OH is 1. The normalized spacial score (nSPS) is 19.8. The molecule has 14 heteroatoms. The van der Waals surface area contributed by atoms with Crippen LogP contribution >= 0.6 is 0 Å². The Hall–Kier alpha value is -3.94. The molecule has 178 valence electrons. The molecule has 0 saturated carbocycles. The van der Waals surface area contributed by atoms with Crippen LogP contribution in [0, 0.1) is 0 Å². The fourth-order valence-electron chi connectivity index (χ4n) is 3.66. The molecule has 0 radical (unpaired) electrons. The Balaban J connectivity index is 1.30. The molecule has 3 N–H and O–H groups in total. The average Bonchev–Trinajstić information content (AvgIpc) is 3.24. The first-order valence-corrected chi connectivity index (χ1v) is 10.0. The number of aromatic nitrogens is 4. The molecule has 1 unspecified atom stereocenters. The molecule has 1 amide bonds. The van der Waals surface area contributed by atoms with Gasteiger partial charge in [-0.1, -0.05) is 0 Å². The Morgan fingerprint density at radius 2 is 2.06 bits per heavy atom. The molecule has 1 saturated heterocycles. The van der Waals surface area contributed by atoms with Gasteiger partial charge in [0.2, 0.25) is 12.2 Å². The highest BCUT2D eigenvalue weighted by atomic mass is 19.4. The zero-order valence-corrected chi connectivity index (χ0v) is 17.3. The van der Waals surface area contributed by atoms with Crippen molar-refractivity contribution in [2.24, 2.45) is 0 Å². The number of carbonyl (C=O) groups is 1. The molecule has 0 spiro atoms. The van der Waals surface area contributed by atoms with Gasteiger partial charge in [-0.3, -0.25) is 4.79 Å². The summed E-state index contributed by atoms with van der Waals surface area (Å²) in [7, 11) is 0. The number of carbonyl (C=O) groups excluding carboxylic acids is 1. The molecule has 2 aliphatic rings. The second-order valence-corrected chi connectivity index (χ2v) is 7.89. The minimum atomic E-state index is -4.52. The van der Waals surface area contributed by atoms with E-state index in [-0.39, 0.29) is 30.2 Å². The molecule has 1 atom stereocenters. The molecular weight excluding hydrogens is 462 g/mol. The van der Waals surface area contributed by atoms with Crippen molar-refractivity contribution in [3.8, 4) is 5.88 Å². The Kier molecular flexibility index (Phi) is 5.04. The maximum absolute atomic E-state index is 15.2. The minimum absolute atomic E-state index is 0.0815. The second kappa shape index (κ2) is 7.83. The topological polar surface area (TPSA) is 117 Å². The molecule has 34 heavy (non-hydrogen) atoms. The molecule has 1 fully saturated rings. The van der Waals surface area contributed by atoms with Crippen LogP contribution in [0.5, 0.6) is 5.88 Å². The molecule has 3 aromatic rings. The van der Waals surface area contributed by atoms with Crippen molar-refractivity contribution in [2.75, 3.05) is 24.6 Å². The number of ether oxygens (including phenoxy) is 1. The van der Waals surface area contributed by atoms with E-state index in [9.17, 15) is 23.1 Å². The smallest absolute Gasteiger partial charge is 0.417 e. The molecule has 10 nitrogen and oxygen atoms in total. The van der Waals surface area contributed by atoms with Gasteiger partial charge in [0.25, 0.3) is 5.91 Å². The summed E-state index contributed by atoms with van der Waals surface area (Å²) in [6, 6.07) is 3.45. The van der Waals surface area contributed by atoms with Crippen LogP contribution in [0.25, 0.3) is 11.2 Å². The Labute approximate surface area is 188 Å². The van der Waals surface area contributed by atoms with Gasteiger partial charge in [0, 0.05) is 30.9 Å². The van der Waals surface area contributed by atoms with Crippen molar-refractivity contribution < 1.29 is 32.2 Å². The van der Waals surface area contributed by atoms with Crippen molar-refractivity contribution in [3.05, 3.63) is 54.2 Å². The van der Waals surface area contributed by atoms with E-state index in [1.807, 2.05) is 0 Å². The Morgan fingerprint density at radius 1 is 1.26 bits per heavy atom. The summed E-state index contributed by atoms with van der Waals surface area (Å²) in [6.07, 6.45) is -0.686. The van der Waals surface area contributed by atoms with Crippen LogP contribution in [-0.4, -0.2) is 62.3 Å². The van der Waals surface area contributed by atoms with E-state index in [0.29, 0.717) is 17.5 Å². The van der Waals surface area contributed by atoms with Gasteiger partial charge in [-0.05, 0) is 12.1 Å². The van der Waals surface area contributed by atoms with Crippen molar-refractivity contribution in [3.63, 3.8) is 0 Å². The SMILES string of the molecule is O=C1NC(O)NC=C1c1cc(N2CC(F)(COc3ccc(C(F)(F)F)cn3)C2)c2nccn2n1. The Morgan fingerprint density at radius 3 is 2.74 bits per heavy atom. The fraction of sp³-hybridized carbons (Fsp3) is 0.300. The third-order valence-corrected chi connectivity index (χ3v) is 5.35. The average molecular weight is 479 g/mol. The summed E-state index contributed by atoms with van der Waals surface area (Å²) < 4.78 is 59.8. The van der Waals surface area contributed by atoms with Crippen LogP contribution in [0.2, 0.25) is 0 Å². The van der Waals surface area contributed by atoms with Crippen LogP contribution in [-0.2, 0) is 11.0 Å². The van der Waals surface area contributed by atoms with Gasteiger partial charge < -0.3 is 25.4 Å². The lowest BCUT2D eigenvalue weighted by Crippen LogP contribution is -2.62. The number of aliphatic hydroxyl groups is 1. The van der Waals surface area contributed by atoms with Gasteiger partial charge in [0.1, 0.15) is 12.3 Å². The number of pyridine rings is 1. The number of hydrogen-bond acceptors (Lipinski definition) is 8. The van der Waals surface area contributed by atoms with Crippen molar-refractivity contribution in [2.45, 2.75) is 18.2 Å². The number of rotatable bonds is 5. The third-order valence-electron chi connectivity index (χ3n) is 5.35. The number of hydrogen-bond donors (Lipinski definition) is 3. The number of fused-ring (bicyclic) bond motifs is 1. The number of amides is 1. The van der Waals surface area contributed by atoms with Crippen LogP contribution in [0.4, 0.5) is 23.2 Å². The van der Waals surface area contributed by atoms with E-state index < -0.39 is 36.3 Å². The minimum Gasteiger partial charge on any atom is -0.474 e. The summed E-state index contributed by atoms with van der Waals surface area (Å²) in [5.41, 5.74) is -1.28. The summed E-state index contributed by atoms with van der Waals surface area (Å²) in [4.78, 5) is 21.7. The highest BCUT2D eigenvalue weighted by Crippen LogP contribution is 2.35. The lowest BCUT2D eigenvalue weighted by atomic mass is 9.96. The van der Waals surface area contributed by atoms with E-state index in [0.717, 1.165) is 12.1 Å². The zero-order chi connectivity index (χ0) is 24.1. The van der Waals surface area contributed by atoms with E-state index in [2.05, 4.69) is 25.7 Å². The predicted octanol–water partition coefficient (Wildman–Crippen LogP) is 1.09. The van der Waals surface area contributed by atoms with Gasteiger partial charge in [0.05, 0.1) is 29.9 Å². The largest absolute Gasteiger partial charge is 0.474 e. The summed E-state index contributed by atoms with van der Waals surface area (Å²) in [5, 5.41) is 18.7. The fourth-order valence-corrected chi connectivity index (χ4v) is 3.66. The first-order chi connectivity index (χ1) is 16.1. The van der Waals surface area contributed by atoms with E-state index in [1.165, 1.54) is 16.9 Å². The molecule has 5 rings (SSSR count). The number of alkyl halides is 4. The van der Waals surface area contributed by atoms with Crippen LogP contribution in [0.1, 0.15) is 11.3 Å². The molecular formula is C20H17F4N7O3. The summed E-state index contributed by atoms with van der Waals surface area (Å²) >= 11 is 0. The highest BCUT2D eigenvalue weighted by Gasteiger charge is 2.45. The van der Waals surface area contributed by atoms with Crippen molar-refractivity contribution >= 4 is 22.8 Å². The number of imidazole rings is 1. The van der Waals surface area contributed by atoms with E-state index in [4.69, 9.17) is 4.74 Å². The van der Waals surface area contributed by atoms with E-state index in [1.54, 1.807) is 17.2 Å². The van der Waals surface area contributed by atoms with Crippen LogP contribution in [0.3, 0.4) is 0 Å². The lowest BCUT2D eigenvalue weighted by molar-refractivity contribution is -0.137. The first-order valence-electron chi connectivity index (χ1n) is 10.0. The molecule has 2 aliphatic heterocycles. The quantitative estimate of drug-likeness (QED) is 0.466. The predicted molar refractivity (Wildman–Crippen MR) is 109 cm³/mol. The van der Waals surface area contributed by atoms with Gasteiger partial charge in [0.15, 0.2) is 11.3 Å². The van der Waals surface area contributed by atoms with Gasteiger partial charge in [-0.25, -0.2) is 18.9 Å². The van der Waals surface area contributed by atoms with Gasteiger partial charge in [-0.2, -0.15) is 18.3 Å². The van der Waals surface area contributed by atoms with Crippen molar-refractivity contribution in [1.29, 1.82) is 0 Å². The van der Waals surface area contributed by atoms with Crippen LogP contribution < -0.4 is 20.3 Å². The lowest BCUT2D eigenvalue weighted by Gasteiger charge is -2.45. The van der Waals surface area contributed by atoms with Crippen LogP contribution in [0.15, 0.2) is 43.0 Å². The molecule has 0 aromatic carbocycles. The Bertz CT molecular complexity index is 1270. The number of nitrogens with zero attached hydrogens (tertiary/aromatic N) is 5. The maximum atomic E-state index is 15.2.